The molecule has 0 spiro atoms. The monoisotopic (exact) mass is 285 g/mol. The second-order valence-electron chi connectivity index (χ2n) is 4.71. The Balaban J connectivity index is 2.18. The average molecular weight is 286 g/mol. The summed E-state index contributed by atoms with van der Waals surface area (Å²) in [4.78, 5) is 0. The summed E-state index contributed by atoms with van der Waals surface area (Å²) in [7, 11) is 2.04. The van der Waals surface area contributed by atoms with Crippen LogP contribution in [0.3, 0.4) is 0 Å². The molecule has 0 bridgehead atoms. The van der Waals surface area contributed by atoms with Crippen LogP contribution in [0.4, 0.5) is 0 Å². The van der Waals surface area contributed by atoms with Gasteiger partial charge in [-0.2, -0.15) is 5.10 Å². The largest absolute Gasteiger partial charge is 0.314 e. The van der Waals surface area contributed by atoms with Crippen LogP contribution in [0.2, 0.25) is 0 Å². The second-order valence-corrected chi connectivity index (χ2v) is 5.56. The molecular formula is C12H20BrN3. The molecule has 16 heavy (non-hydrogen) atoms. The highest BCUT2D eigenvalue weighted by Crippen LogP contribution is 2.41. The highest BCUT2D eigenvalue weighted by molar-refractivity contribution is 9.10. The molecule has 0 saturated heterocycles. The van der Waals surface area contributed by atoms with E-state index in [0.29, 0.717) is 17.9 Å². The van der Waals surface area contributed by atoms with E-state index in [9.17, 15) is 0 Å². The Morgan fingerprint density at radius 1 is 1.56 bits per heavy atom. The van der Waals surface area contributed by atoms with Crippen molar-refractivity contribution in [1.29, 1.82) is 0 Å². The number of aryl methyl sites for hydroxylation is 1. The van der Waals surface area contributed by atoms with E-state index in [4.69, 9.17) is 0 Å². The van der Waals surface area contributed by atoms with E-state index < -0.39 is 0 Å². The molecular weight excluding hydrogens is 266 g/mol. The molecule has 1 aliphatic carbocycles. The maximum Gasteiger partial charge on any atom is 0.0635 e. The third-order valence-electron chi connectivity index (χ3n) is 3.81. The van der Waals surface area contributed by atoms with Gasteiger partial charge in [0, 0.05) is 19.0 Å². The summed E-state index contributed by atoms with van der Waals surface area (Å²) in [5, 5.41) is 7.90. The SMILES string of the molecule is CCNC1CCC(c2c(Br)cnn2C)C1C. The number of nitrogens with one attached hydrogen (secondary N) is 1. The molecule has 0 aliphatic heterocycles. The molecule has 90 valence electrons. The fourth-order valence-corrected chi connectivity index (χ4v) is 3.58. The topological polar surface area (TPSA) is 29.9 Å². The van der Waals surface area contributed by atoms with Gasteiger partial charge in [-0.1, -0.05) is 13.8 Å². The normalized spacial score (nSPS) is 29.9. The van der Waals surface area contributed by atoms with Crippen LogP contribution >= 0.6 is 15.9 Å². The Hall–Kier alpha value is -0.350. The summed E-state index contributed by atoms with van der Waals surface area (Å²) in [5.74, 6) is 1.32. The lowest BCUT2D eigenvalue weighted by Crippen LogP contribution is -2.32. The van der Waals surface area contributed by atoms with Crippen molar-refractivity contribution in [3.63, 3.8) is 0 Å². The Kier molecular flexibility index (Phi) is 3.70. The van der Waals surface area contributed by atoms with Crippen LogP contribution in [0.5, 0.6) is 0 Å². The van der Waals surface area contributed by atoms with Gasteiger partial charge in [-0.05, 0) is 41.2 Å². The van der Waals surface area contributed by atoms with Gasteiger partial charge in [-0.15, -0.1) is 0 Å². The smallest absolute Gasteiger partial charge is 0.0635 e. The maximum absolute atomic E-state index is 4.32. The van der Waals surface area contributed by atoms with Crippen LogP contribution < -0.4 is 5.32 Å². The first-order valence-corrected chi connectivity index (χ1v) is 6.85. The zero-order chi connectivity index (χ0) is 11.7. The molecule has 4 heteroatoms. The van der Waals surface area contributed by atoms with E-state index in [1.807, 2.05) is 17.9 Å². The van der Waals surface area contributed by atoms with Crippen molar-refractivity contribution in [2.45, 2.75) is 38.6 Å². The average Bonchev–Trinajstić information content (AvgIpc) is 2.75. The fraction of sp³-hybridized carbons (Fsp3) is 0.750. The van der Waals surface area contributed by atoms with Crippen LogP contribution in [0.25, 0.3) is 0 Å². The highest BCUT2D eigenvalue weighted by Gasteiger charge is 2.35. The summed E-state index contributed by atoms with van der Waals surface area (Å²) in [6, 6.07) is 0.664. The van der Waals surface area contributed by atoms with Crippen LogP contribution in [0.1, 0.15) is 38.3 Å². The predicted octanol–water partition coefficient (Wildman–Crippen LogP) is 2.67. The van der Waals surface area contributed by atoms with Gasteiger partial charge in [0.1, 0.15) is 0 Å². The molecule has 3 unspecified atom stereocenters. The number of nitrogens with zero attached hydrogens (tertiary/aromatic N) is 2. The number of aromatic nitrogens is 2. The van der Waals surface area contributed by atoms with E-state index >= 15 is 0 Å². The van der Waals surface area contributed by atoms with Crippen molar-refractivity contribution in [2.75, 3.05) is 6.54 Å². The van der Waals surface area contributed by atoms with Crippen LogP contribution in [-0.2, 0) is 7.05 Å². The van der Waals surface area contributed by atoms with E-state index in [1.54, 1.807) is 0 Å². The Labute approximate surface area is 106 Å². The lowest BCUT2D eigenvalue weighted by atomic mass is 9.92. The first-order valence-electron chi connectivity index (χ1n) is 6.06. The first kappa shape index (κ1) is 12.1. The van der Waals surface area contributed by atoms with Gasteiger partial charge >= 0.3 is 0 Å². The molecule has 1 aromatic rings. The molecule has 3 atom stereocenters. The van der Waals surface area contributed by atoms with Gasteiger partial charge in [0.15, 0.2) is 0 Å². The standard InChI is InChI=1S/C12H20BrN3/c1-4-14-11-6-5-9(8(11)2)12-10(13)7-15-16(12)3/h7-9,11,14H,4-6H2,1-3H3. The van der Waals surface area contributed by atoms with Gasteiger partial charge in [0.25, 0.3) is 0 Å². The molecule has 0 aromatic carbocycles. The number of rotatable bonds is 3. The van der Waals surface area contributed by atoms with Crippen molar-refractivity contribution >= 4 is 15.9 Å². The molecule has 1 fully saturated rings. The van der Waals surface area contributed by atoms with Crippen molar-refractivity contribution in [1.82, 2.24) is 15.1 Å². The van der Waals surface area contributed by atoms with Gasteiger partial charge in [0.2, 0.25) is 0 Å². The zero-order valence-electron chi connectivity index (χ0n) is 10.2. The second kappa shape index (κ2) is 4.88. The Morgan fingerprint density at radius 2 is 2.31 bits per heavy atom. The zero-order valence-corrected chi connectivity index (χ0v) is 11.8. The maximum atomic E-state index is 4.32. The molecule has 1 heterocycles. The van der Waals surface area contributed by atoms with Crippen LogP contribution in [0.15, 0.2) is 10.7 Å². The Bertz CT molecular complexity index is 342. The van der Waals surface area contributed by atoms with E-state index in [0.717, 1.165) is 11.0 Å². The molecule has 0 radical (unpaired) electrons. The van der Waals surface area contributed by atoms with Gasteiger partial charge in [-0.3, -0.25) is 4.68 Å². The first-order chi connectivity index (χ1) is 7.65. The predicted molar refractivity (Wildman–Crippen MR) is 69.5 cm³/mol. The summed E-state index contributed by atoms with van der Waals surface area (Å²) >= 11 is 3.61. The fourth-order valence-electron chi connectivity index (χ4n) is 2.94. The third kappa shape index (κ3) is 2.05. The molecule has 0 amide bonds. The molecule has 1 saturated carbocycles. The molecule has 3 nitrogen and oxygen atoms in total. The van der Waals surface area contributed by atoms with Crippen LogP contribution in [0, 0.1) is 5.92 Å². The van der Waals surface area contributed by atoms with Crippen molar-refractivity contribution in [3.05, 3.63) is 16.4 Å². The van der Waals surface area contributed by atoms with E-state index in [2.05, 4.69) is 40.2 Å². The number of halogens is 1. The summed E-state index contributed by atoms with van der Waals surface area (Å²) < 4.78 is 3.17. The third-order valence-corrected chi connectivity index (χ3v) is 4.42. The molecule has 1 aliphatic rings. The van der Waals surface area contributed by atoms with Crippen molar-refractivity contribution in [2.24, 2.45) is 13.0 Å². The van der Waals surface area contributed by atoms with Crippen molar-refractivity contribution < 1.29 is 0 Å². The van der Waals surface area contributed by atoms with Crippen molar-refractivity contribution in [3.8, 4) is 0 Å². The van der Waals surface area contributed by atoms with E-state index in [-0.39, 0.29) is 0 Å². The minimum absolute atomic E-state index is 0.630. The van der Waals surface area contributed by atoms with Gasteiger partial charge < -0.3 is 5.32 Å². The summed E-state index contributed by atoms with van der Waals surface area (Å²) in [6.07, 6.45) is 4.44. The molecule has 1 aromatic heterocycles. The lowest BCUT2D eigenvalue weighted by molar-refractivity contribution is 0.401. The molecule has 1 N–H and O–H groups in total. The quantitative estimate of drug-likeness (QED) is 0.926. The van der Waals surface area contributed by atoms with E-state index in [1.165, 1.54) is 18.5 Å². The highest BCUT2D eigenvalue weighted by atomic mass is 79.9. The summed E-state index contributed by atoms with van der Waals surface area (Å²) in [6.45, 7) is 5.60. The number of hydrogen-bond donors (Lipinski definition) is 1. The Morgan fingerprint density at radius 3 is 2.88 bits per heavy atom. The van der Waals surface area contributed by atoms with Gasteiger partial charge in [-0.25, -0.2) is 0 Å². The number of hydrogen-bond acceptors (Lipinski definition) is 2. The lowest BCUT2D eigenvalue weighted by Gasteiger charge is -2.21. The summed E-state index contributed by atoms with van der Waals surface area (Å²) in [5.41, 5.74) is 1.35. The van der Waals surface area contributed by atoms with Gasteiger partial charge in [0.05, 0.1) is 16.4 Å². The van der Waals surface area contributed by atoms with Crippen LogP contribution in [-0.4, -0.2) is 22.4 Å². The minimum Gasteiger partial charge on any atom is -0.314 e. The molecule has 2 rings (SSSR count). The minimum atomic E-state index is 0.630.